The topological polar surface area (TPSA) is 21.3 Å². The van der Waals surface area contributed by atoms with Gasteiger partial charge in [-0.05, 0) is 36.7 Å². The van der Waals surface area contributed by atoms with Crippen molar-refractivity contribution in [1.29, 1.82) is 0 Å². The van der Waals surface area contributed by atoms with Crippen molar-refractivity contribution in [3.8, 4) is 5.75 Å². The van der Waals surface area contributed by atoms with E-state index in [2.05, 4.69) is 11.9 Å². The second kappa shape index (κ2) is 6.28. The van der Waals surface area contributed by atoms with Crippen LogP contribution in [0.4, 0.5) is 4.39 Å². The van der Waals surface area contributed by atoms with Gasteiger partial charge in [-0.1, -0.05) is 19.6 Å². The smallest absolute Gasteiger partial charge is 0.165 e. The monoisotopic (exact) mass is 223 g/mol. The first-order valence-corrected chi connectivity index (χ1v) is 5.39. The minimum atomic E-state index is -0.323. The Morgan fingerprint density at radius 3 is 2.81 bits per heavy atom. The fraction of sp³-hybridized carbons (Fsp3) is 0.385. The Balaban J connectivity index is 2.64. The summed E-state index contributed by atoms with van der Waals surface area (Å²) < 4.78 is 18.9. The average Bonchev–Trinajstić information content (AvgIpc) is 2.28. The van der Waals surface area contributed by atoms with E-state index in [1.54, 1.807) is 6.07 Å². The molecule has 0 aromatic heterocycles. The van der Waals surface area contributed by atoms with E-state index < -0.39 is 0 Å². The molecule has 2 nitrogen and oxygen atoms in total. The molecule has 0 bridgehead atoms. The summed E-state index contributed by atoms with van der Waals surface area (Å²) in [6.07, 6.45) is 0.847. The van der Waals surface area contributed by atoms with Crippen LogP contribution in [0.25, 0.3) is 0 Å². The highest BCUT2D eigenvalue weighted by atomic mass is 19.1. The summed E-state index contributed by atoms with van der Waals surface area (Å²) in [5.41, 5.74) is 1.86. The third-order valence-electron chi connectivity index (χ3n) is 2.31. The fourth-order valence-electron chi connectivity index (χ4n) is 1.26. The highest BCUT2D eigenvalue weighted by Crippen LogP contribution is 2.19. The highest BCUT2D eigenvalue weighted by molar-refractivity contribution is 5.29. The number of hydrogen-bond donors (Lipinski definition) is 1. The summed E-state index contributed by atoms with van der Waals surface area (Å²) in [5.74, 6) is -0.0360. The van der Waals surface area contributed by atoms with Gasteiger partial charge in [0.1, 0.15) is 6.61 Å². The molecule has 0 unspecified atom stereocenters. The third-order valence-corrected chi connectivity index (χ3v) is 2.31. The first-order chi connectivity index (χ1) is 7.67. The van der Waals surface area contributed by atoms with Crippen LogP contribution in [0.15, 0.2) is 30.4 Å². The lowest BCUT2D eigenvalue weighted by Gasteiger charge is -2.09. The summed E-state index contributed by atoms with van der Waals surface area (Å²) in [6, 6.07) is 5.00. The summed E-state index contributed by atoms with van der Waals surface area (Å²) in [6.45, 7) is 6.83. The Morgan fingerprint density at radius 2 is 2.25 bits per heavy atom. The van der Waals surface area contributed by atoms with Gasteiger partial charge in [-0.3, -0.25) is 0 Å². The van der Waals surface area contributed by atoms with Crippen molar-refractivity contribution in [1.82, 2.24) is 5.32 Å². The molecular weight excluding hydrogens is 205 g/mol. The van der Waals surface area contributed by atoms with E-state index in [4.69, 9.17) is 4.74 Å². The first kappa shape index (κ1) is 12.7. The number of ether oxygens (including phenoxy) is 1. The van der Waals surface area contributed by atoms with E-state index in [1.165, 1.54) is 6.07 Å². The molecule has 1 N–H and O–H groups in total. The Kier molecular flexibility index (Phi) is 4.99. The van der Waals surface area contributed by atoms with Crippen LogP contribution in [0.2, 0.25) is 0 Å². The third kappa shape index (κ3) is 3.66. The van der Waals surface area contributed by atoms with Gasteiger partial charge in [-0.15, -0.1) is 0 Å². The van der Waals surface area contributed by atoms with E-state index >= 15 is 0 Å². The molecule has 1 aromatic carbocycles. The van der Waals surface area contributed by atoms with E-state index in [0.717, 1.165) is 17.6 Å². The zero-order chi connectivity index (χ0) is 12.0. The van der Waals surface area contributed by atoms with Gasteiger partial charge in [0.2, 0.25) is 0 Å². The molecule has 0 saturated heterocycles. The normalized spacial score (nSPS) is 10.2. The molecule has 0 aliphatic heterocycles. The van der Waals surface area contributed by atoms with E-state index in [-0.39, 0.29) is 11.6 Å². The van der Waals surface area contributed by atoms with E-state index in [0.29, 0.717) is 13.2 Å². The second-order valence-electron chi connectivity index (χ2n) is 3.69. The number of benzene rings is 1. The molecule has 0 heterocycles. The predicted molar refractivity (Wildman–Crippen MR) is 64.1 cm³/mol. The van der Waals surface area contributed by atoms with Crippen molar-refractivity contribution in [2.75, 3.05) is 13.7 Å². The van der Waals surface area contributed by atoms with Crippen molar-refractivity contribution in [2.45, 2.75) is 19.9 Å². The lowest BCUT2D eigenvalue weighted by molar-refractivity contribution is 0.329. The van der Waals surface area contributed by atoms with Crippen LogP contribution < -0.4 is 10.1 Å². The molecule has 0 spiro atoms. The lowest BCUT2D eigenvalue weighted by Crippen LogP contribution is -2.06. The Labute approximate surface area is 96.1 Å². The van der Waals surface area contributed by atoms with Crippen LogP contribution >= 0.6 is 0 Å². The Hall–Kier alpha value is -1.35. The van der Waals surface area contributed by atoms with E-state index in [1.807, 2.05) is 20.0 Å². The summed E-state index contributed by atoms with van der Waals surface area (Å²) in [5, 5.41) is 2.97. The molecule has 16 heavy (non-hydrogen) atoms. The SMILES string of the molecule is C=C(CC)COc1ccc(CNC)cc1F. The molecular formula is C13H18FNO. The van der Waals surface area contributed by atoms with Gasteiger partial charge in [0.15, 0.2) is 11.6 Å². The van der Waals surface area contributed by atoms with Gasteiger partial charge in [-0.25, -0.2) is 4.39 Å². The molecule has 0 atom stereocenters. The van der Waals surface area contributed by atoms with Crippen molar-refractivity contribution < 1.29 is 9.13 Å². The van der Waals surface area contributed by atoms with Crippen LogP contribution in [-0.2, 0) is 6.54 Å². The van der Waals surface area contributed by atoms with Crippen molar-refractivity contribution in [3.63, 3.8) is 0 Å². The molecule has 0 saturated carbocycles. The molecule has 0 aliphatic carbocycles. The standard InChI is InChI=1S/C13H18FNO/c1-4-10(2)9-16-13-6-5-11(8-15-3)7-12(13)14/h5-7,15H,2,4,8-9H2,1,3H3. The van der Waals surface area contributed by atoms with Crippen molar-refractivity contribution in [2.24, 2.45) is 0 Å². The molecule has 1 aromatic rings. The maximum atomic E-state index is 13.5. The minimum Gasteiger partial charge on any atom is -0.486 e. The fourth-order valence-corrected chi connectivity index (χ4v) is 1.26. The van der Waals surface area contributed by atoms with Gasteiger partial charge < -0.3 is 10.1 Å². The first-order valence-electron chi connectivity index (χ1n) is 5.39. The Morgan fingerprint density at radius 1 is 1.50 bits per heavy atom. The van der Waals surface area contributed by atoms with Gasteiger partial charge in [0.25, 0.3) is 0 Å². The number of nitrogens with one attached hydrogen (secondary N) is 1. The predicted octanol–water partition coefficient (Wildman–Crippen LogP) is 2.89. The number of hydrogen-bond acceptors (Lipinski definition) is 2. The second-order valence-corrected chi connectivity index (χ2v) is 3.69. The van der Waals surface area contributed by atoms with E-state index in [9.17, 15) is 4.39 Å². The summed E-state index contributed by atoms with van der Waals surface area (Å²) >= 11 is 0. The van der Waals surface area contributed by atoms with Crippen molar-refractivity contribution >= 4 is 0 Å². The van der Waals surface area contributed by atoms with Crippen LogP contribution in [0.3, 0.4) is 0 Å². The van der Waals surface area contributed by atoms with Gasteiger partial charge in [0.05, 0.1) is 0 Å². The molecule has 0 fully saturated rings. The lowest BCUT2D eigenvalue weighted by atomic mass is 10.2. The maximum absolute atomic E-state index is 13.5. The van der Waals surface area contributed by atoms with Gasteiger partial charge in [0, 0.05) is 6.54 Å². The summed E-state index contributed by atoms with van der Waals surface area (Å²) in [4.78, 5) is 0. The molecule has 88 valence electrons. The quantitative estimate of drug-likeness (QED) is 0.749. The maximum Gasteiger partial charge on any atom is 0.165 e. The molecule has 1 rings (SSSR count). The van der Waals surface area contributed by atoms with Crippen LogP contribution in [0.1, 0.15) is 18.9 Å². The Bertz CT molecular complexity index is 363. The largest absolute Gasteiger partial charge is 0.486 e. The average molecular weight is 223 g/mol. The molecule has 0 radical (unpaired) electrons. The molecule has 3 heteroatoms. The number of halogens is 1. The van der Waals surface area contributed by atoms with Gasteiger partial charge >= 0.3 is 0 Å². The highest BCUT2D eigenvalue weighted by Gasteiger charge is 2.04. The zero-order valence-corrected chi connectivity index (χ0v) is 9.85. The zero-order valence-electron chi connectivity index (χ0n) is 9.85. The number of rotatable bonds is 6. The van der Waals surface area contributed by atoms with Crippen molar-refractivity contribution in [3.05, 3.63) is 41.7 Å². The molecule has 0 aliphatic rings. The van der Waals surface area contributed by atoms with Crippen LogP contribution in [0.5, 0.6) is 5.75 Å². The van der Waals surface area contributed by atoms with Gasteiger partial charge in [-0.2, -0.15) is 0 Å². The molecule has 0 amide bonds. The van der Waals surface area contributed by atoms with Crippen LogP contribution in [-0.4, -0.2) is 13.7 Å². The summed E-state index contributed by atoms with van der Waals surface area (Å²) in [7, 11) is 1.83. The minimum absolute atomic E-state index is 0.287. The van der Waals surface area contributed by atoms with Crippen LogP contribution in [0, 0.1) is 5.82 Å².